The minimum absolute atomic E-state index is 0.0681. The van der Waals surface area contributed by atoms with Crippen molar-refractivity contribution in [3.8, 4) is 23.0 Å². The summed E-state index contributed by atoms with van der Waals surface area (Å²) in [6.07, 6.45) is -0.131. The van der Waals surface area contributed by atoms with Crippen LogP contribution in [0.15, 0.2) is 77.2 Å². The molecule has 0 saturated carbocycles. The first kappa shape index (κ1) is 25.6. The number of hydrogen-bond acceptors (Lipinski definition) is 6. The van der Waals surface area contributed by atoms with Gasteiger partial charge in [0.1, 0.15) is 41.7 Å². The summed E-state index contributed by atoms with van der Waals surface area (Å²) < 4.78 is 30.8. The standard InChI is InChI=1S/C29H27FN2O5/c1-19-9-12-25(17-26(19)30)37-29(34)32(15-16-33)20(2)22-10-13-24(14-11-22)35-18-27-21(3)36-28(31-27)23-7-5-4-6-8-23/h4-14,16-17,20H,15,18H2,1-3H3/t20-/m0/s1. The molecule has 0 aliphatic heterocycles. The van der Waals surface area contributed by atoms with Gasteiger partial charge in [-0.1, -0.05) is 36.4 Å². The maximum absolute atomic E-state index is 13.8. The molecule has 190 valence electrons. The van der Waals surface area contributed by atoms with Crippen LogP contribution in [0.2, 0.25) is 0 Å². The first-order valence-electron chi connectivity index (χ1n) is 11.8. The third kappa shape index (κ3) is 6.22. The maximum Gasteiger partial charge on any atom is 0.416 e. The van der Waals surface area contributed by atoms with E-state index in [-0.39, 0.29) is 18.9 Å². The number of amides is 1. The van der Waals surface area contributed by atoms with Crippen molar-refractivity contribution in [3.05, 3.63) is 101 Å². The lowest BCUT2D eigenvalue weighted by molar-refractivity contribution is -0.108. The monoisotopic (exact) mass is 502 g/mol. The van der Waals surface area contributed by atoms with Crippen LogP contribution < -0.4 is 9.47 Å². The van der Waals surface area contributed by atoms with Gasteiger partial charge in [-0.3, -0.25) is 4.90 Å². The van der Waals surface area contributed by atoms with Crippen molar-refractivity contribution in [2.45, 2.75) is 33.4 Å². The molecule has 4 rings (SSSR count). The van der Waals surface area contributed by atoms with Gasteiger partial charge in [0.25, 0.3) is 0 Å². The molecule has 0 radical (unpaired) electrons. The zero-order valence-corrected chi connectivity index (χ0v) is 20.8. The van der Waals surface area contributed by atoms with E-state index in [4.69, 9.17) is 13.9 Å². The van der Waals surface area contributed by atoms with Gasteiger partial charge in [-0.2, -0.15) is 0 Å². The van der Waals surface area contributed by atoms with Crippen molar-refractivity contribution in [2.75, 3.05) is 6.54 Å². The smallest absolute Gasteiger partial charge is 0.416 e. The Bertz CT molecular complexity index is 1370. The van der Waals surface area contributed by atoms with E-state index in [0.29, 0.717) is 34.9 Å². The molecule has 3 aromatic carbocycles. The molecule has 1 atom stereocenters. The number of halogens is 1. The average Bonchev–Trinajstić information content (AvgIpc) is 3.29. The van der Waals surface area contributed by atoms with Crippen molar-refractivity contribution in [1.82, 2.24) is 9.88 Å². The second-order valence-corrected chi connectivity index (χ2v) is 8.52. The lowest BCUT2D eigenvalue weighted by atomic mass is 10.1. The Labute approximate surface area is 214 Å². The second kappa shape index (κ2) is 11.5. The third-order valence-electron chi connectivity index (χ3n) is 5.97. The summed E-state index contributed by atoms with van der Waals surface area (Å²) in [6.45, 7) is 5.29. The SMILES string of the molecule is Cc1ccc(OC(=O)N(CC=O)[C@@H](C)c2ccc(OCc3nc(-c4ccccc4)oc3C)cc2)cc1F. The van der Waals surface area contributed by atoms with Crippen LogP contribution in [0.3, 0.4) is 0 Å². The number of rotatable bonds is 9. The van der Waals surface area contributed by atoms with Crippen LogP contribution in [-0.4, -0.2) is 28.8 Å². The van der Waals surface area contributed by atoms with Gasteiger partial charge in [0.05, 0.1) is 12.6 Å². The summed E-state index contributed by atoms with van der Waals surface area (Å²) >= 11 is 0. The minimum atomic E-state index is -0.751. The summed E-state index contributed by atoms with van der Waals surface area (Å²) in [6, 6.07) is 20.5. The number of aryl methyl sites for hydroxylation is 2. The second-order valence-electron chi connectivity index (χ2n) is 8.52. The molecule has 1 heterocycles. The normalized spacial score (nSPS) is 11.6. The van der Waals surface area contributed by atoms with Gasteiger partial charge in [0, 0.05) is 11.6 Å². The number of carbonyl (C=O) groups is 2. The van der Waals surface area contributed by atoms with Crippen LogP contribution >= 0.6 is 0 Å². The number of ether oxygens (including phenoxy) is 2. The molecule has 8 heteroatoms. The largest absolute Gasteiger partial charge is 0.487 e. The number of hydrogen-bond donors (Lipinski definition) is 0. The van der Waals surface area contributed by atoms with E-state index in [1.807, 2.05) is 49.4 Å². The van der Waals surface area contributed by atoms with Crippen LogP contribution in [0.25, 0.3) is 11.5 Å². The van der Waals surface area contributed by atoms with Gasteiger partial charge in [-0.15, -0.1) is 0 Å². The molecule has 0 saturated heterocycles. The van der Waals surface area contributed by atoms with E-state index < -0.39 is 18.0 Å². The van der Waals surface area contributed by atoms with Crippen LogP contribution in [0.4, 0.5) is 9.18 Å². The number of benzene rings is 3. The van der Waals surface area contributed by atoms with Crippen LogP contribution in [-0.2, 0) is 11.4 Å². The predicted molar refractivity (Wildman–Crippen MR) is 136 cm³/mol. The lowest BCUT2D eigenvalue weighted by Crippen LogP contribution is -2.37. The van der Waals surface area contributed by atoms with Gasteiger partial charge < -0.3 is 18.7 Å². The topological polar surface area (TPSA) is 81.9 Å². The van der Waals surface area contributed by atoms with Crippen molar-refractivity contribution < 1.29 is 27.9 Å². The fourth-order valence-corrected chi connectivity index (χ4v) is 3.71. The van der Waals surface area contributed by atoms with Crippen LogP contribution in [0.1, 0.15) is 35.5 Å². The first-order valence-corrected chi connectivity index (χ1v) is 11.8. The molecule has 0 aliphatic rings. The Morgan fingerprint density at radius 1 is 1.05 bits per heavy atom. The highest BCUT2D eigenvalue weighted by Crippen LogP contribution is 2.26. The van der Waals surface area contributed by atoms with Crippen molar-refractivity contribution in [2.24, 2.45) is 0 Å². The Kier molecular flexibility index (Phi) is 7.98. The van der Waals surface area contributed by atoms with Crippen molar-refractivity contribution in [1.29, 1.82) is 0 Å². The highest BCUT2D eigenvalue weighted by molar-refractivity contribution is 5.74. The van der Waals surface area contributed by atoms with Gasteiger partial charge in [-0.05, 0) is 62.2 Å². The molecule has 0 unspecified atom stereocenters. The zero-order chi connectivity index (χ0) is 26.4. The van der Waals surface area contributed by atoms with Gasteiger partial charge in [-0.25, -0.2) is 14.2 Å². The molecule has 37 heavy (non-hydrogen) atoms. The first-order chi connectivity index (χ1) is 17.9. The molecule has 0 spiro atoms. The fraction of sp³-hybridized carbons (Fsp3) is 0.207. The Balaban J connectivity index is 1.40. The highest BCUT2D eigenvalue weighted by atomic mass is 19.1. The number of oxazole rings is 1. The van der Waals surface area contributed by atoms with E-state index in [2.05, 4.69) is 4.98 Å². The number of aldehydes is 1. The zero-order valence-electron chi connectivity index (χ0n) is 20.8. The number of carbonyl (C=O) groups excluding carboxylic acids is 2. The molecule has 0 fully saturated rings. The molecular formula is C29H27FN2O5. The molecule has 0 bridgehead atoms. The van der Waals surface area contributed by atoms with Gasteiger partial charge in [0.15, 0.2) is 0 Å². The Morgan fingerprint density at radius 3 is 2.43 bits per heavy atom. The minimum Gasteiger partial charge on any atom is -0.487 e. The molecule has 7 nitrogen and oxygen atoms in total. The lowest BCUT2D eigenvalue weighted by Gasteiger charge is -2.27. The Hall–Kier alpha value is -4.46. The fourth-order valence-electron chi connectivity index (χ4n) is 3.71. The van der Waals surface area contributed by atoms with E-state index in [1.165, 1.54) is 17.0 Å². The molecule has 1 amide bonds. The van der Waals surface area contributed by atoms with E-state index >= 15 is 0 Å². The van der Waals surface area contributed by atoms with E-state index in [1.54, 1.807) is 26.0 Å². The van der Waals surface area contributed by atoms with Gasteiger partial charge in [0.2, 0.25) is 5.89 Å². The summed E-state index contributed by atoms with van der Waals surface area (Å²) in [5.41, 5.74) is 2.80. The van der Waals surface area contributed by atoms with E-state index in [0.717, 1.165) is 17.2 Å². The number of aromatic nitrogens is 1. The van der Waals surface area contributed by atoms with Gasteiger partial charge >= 0.3 is 6.09 Å². The molecular weight excluding hydrogens is 475 g/mol. The highest BCUT2D eigenvalue weighted by Gasteiger charge is 2.23. The number of nitrogens with zero attached hydrogens (tertiary/aromatic N) is 2. The summed E-state index contributed by atoms with van der Waals surface area (Å²) in [4.78, 5) is 29.8. The quantitative estimate of drug-likeness (QED) is 0.245. The summed E-state index contributed by atoms with van der Waals surface area (Å²) in [7, 11) is 0. The van der Waals surface area contributed by atoms with Crippen molar-refractivity contribution >= 4 is 12.4 Å². The van der Waals surface area contributed by atoms with Crippen LogP contribution in [0.5, 0.6) is 11.5 Å². The molecule has 4 aromatic rings. The molecule has 0 aliphatic carbocycles. The molecule has 0 N–H and O–H groups in total. The summed E-state index contributed by atoms with van der Waals surface area (Å²) in [5, 5.41) is 0. The third-order valence-corrected chi connectivity index (χ3v) is 5.97. The maximum atomic E-state index is 13.8. The summed E-state index contributed by atoms with van der Waals surface area (Å²) in [5.74, 6) is 1.42. The molecule has 1 aromatic heterocycles. The van der Waals surface area contributed by atoms with E-state index in [9.17, 15) is 14.0 Å². The Morgan fingerprint density at radius 2 is 1.76 bits per heavy atom. The predicted octanol–water partition coefficient (Wildman–Crippen LogP) is 6.44. The van der Waals surface area contributed by atoms with Crippen molar-refractivity contribution in [3.63, 3.8) is 0 Å². The van der Waals surface area contributed by atoms with Crippen LogP contribution in [0, 0.1) is 19.7 Å². The average molecular weight is 503 g/mol.